The number of nitrogens with zero attached hydrogens (tertiary/aromatic N) is 1. The molecule has 6 heteroatoms. The molecule has 3 aromatic rings. The third-order valence-corrected chi connectivity index (χ3v) is 4.31. The number of amides is 1. The highest BCUT2D eigenvalue weighted by atomic mass is 35.5. The molecule has 128 valence electrons. The van der Waals surface area contributed by atoms with Crippen LogP contribution in [-0.4, -0.2) is 16.1 Å². The molecule has 0 fully saturated rings. The van der Waals surface area contributed by atoms with Crippen molar-refractivity contribution in [3.63, 3.8) is 0 Å². The van der Waals surface area contributed by atoms with Gasteiger partial charge in [-0.15, -0.1) is 0 Å². The molecule has 0 aliphatic carbocycles. The van der Waals surface area contributed by atoms with Crippen LogP contribution in [0.5, 0.6) is 0 Å². The van der Waals surface area contributed by atoms with Gasteiger partial charge in [0.15, 0.2) is 0 Å². The van der Waals surface area contributed by atoms with Gasteiger partial charge < -0.3 is 5.32 Å². The number of aryl methyl sites for hydroxylation is 1. The second-order valence-corrected chi connectivity index (χ2v) is 6.52. The van der Waals surface area contributed by atoms with Crippen LogP contribution in [0.4, 0.5) is 5.69 Å². The lowest BCUT2D eigenvalue weighted by Gasteiger charge is -2.09. The van der Waals surface area contributed by atoms with Crippen molar-refractivity contribution in [2.24, 2.45) is 0 Å². The molecule has 3 rings (SSSR count). The number of halogens is 2. The Kier molecular flexibility index (Phi) is 5.41. The summed E-state index contributed by atoms with van der Waals surface area (Å²) >= 11 is 11.8. The van der Waals surface area contributed by atoms with E-state index < -0.39 is 0 Å². The van der Waals surface area contributed by atoms with Crippen LogP contribution in [0.2, 0.25) is 10.0 Å². The van der Waals surface area contributed by atoms with Crippen molar-refractivity contribution < 1.29 is 4.79 Å². The number of anilines is 1. The first-order valence-corrected chi connectivity index (χ1v) is 8.74. The van der Waals surface area contributed by atoms with Gasteiger partial charge in [-0.2, -0.15) is 5.10 Å². The number of aromatic amines is 1. The Hall–Kier alpha value is -2.30. The molecule has 4 nitrogen and oxygen atoms in total. The third-order valence-electron chi connectivity index (χ3n) is 3.80. The van der Waals surface area contributed by atoms with Crippen molar-refractivity contribution in [1.29, 1.82) is 0 Å². The molecule has 1 amide bonds. The van der Waals surface area contributed by atoms with E-state index in [9.17, 15) is 4.79 Å². The average Bonchev–Trinajstić information content (AvgIpc) is 2.99. The highest BCUT2D eigenvalue weighted by molar-refractivity contribution is 6.31. The van der Waals surface area contributed by atoms with E-state index in [0.29, 0.717) is 27.0 Å². The number of carbonyl (C=O) groups excluding carboxylic acids is 1. The maximum atomic E-state index is 12.6. The summed E-state index contributed by atoms with van der Waals surface area (Å²) in [6, 6.07) is 14.1. The van der Waals surface area contributed by atoms with Gasteiger partial charge in [-0.25, -0.2) is 0 Å². The van der Waals surface area contributed by atoms with Crippen LogP contribution in [0.25, 0.3) is 11.3 Å². The van der Waals surface area contributed by atoms with Gasteiger partial charge in [0, 0.05) is 21.2 Å². The molecule has 1 heterocycles. The quantitative estimate of drug-likeness (QED) is 0.612. The first-order chi connectivity index (χ1) is 12.1. The highest BCUT2D eigenvalue weighted by Crippen LogP contribution is 2.31. The van der Waals surface area contributed by atoms with E-state index >= 15 is 0 Å². The highest BCUT2D eigenvalue weighted by Gasteiger charge is 2.17. The van der Waals surface area contributed by atoms with Gasteiger partial charge in [-0.05, 0) is 42.8 Å². The van der Waals surface area contributed by atoms with Gasteiger partial charge in [0.2, 0.25) is 0 Å². The SMILES string of the molecule is CCCc1[nH]nc(-c2ccc(Cl)cc2)c1NC(=O)c1ccc(Cl)cc1. The lowest BCUT2D eigenvalue weighted by molar-refractivity contribution is 0.102. The van der Waals surface area contributed by atoms with Gasteiger partial charge in [0.1, 0.15) is 5.69 Å². The van der Waals surface area contributed by atoms with Gasteiger partial charge in [-0.1, -0.05) is 48.7 Å². The van der Waals surface area contributed by atoms with Crippen LogP contribution in [0, 0.1) is 0 Å². The second kappa shape index (κ2) is 7.72. The van der Waals surface area contributed by atoms with E-state index in [4.69, 9.17) is 23.2 Å². The Bertz CT molecular complexity index is 871. The summed E-state index contributed by atoms with van der Waals surface area (Å²) in [6.45, 7) is 2.08. The number of rotatable bonds is 5. The fourth-order valence-corrected chi connectivity index (χ4v) is 2.80. The molecule has 0 bridgehead atoms. The molecule has 25 heavy (non-hydrogen) atoms. The van der Waals surface area contributed by atoms with E-state index in [-0.39, 0.29) is 5.91 Å². The van der Waals surface area contributed by atoms with Crippen molar-refractivity contribution in [1.82, 2.24) is 10.2 Å². The molecular weight excluding hydrogens is 357 g/mol. The lowest BCUT2D eigenvalue weighted by Crippen LogP contribution is -2.13. The Balaban J connectivity index is 1.95. The van der Waals surface area contributed by atoms with Gasteiger partial charge in [0.25, 0.3) is 5.91 Å². The van der Waals surface area contributed by atoms with Crippen molar-refractivity contribution in [2.75, 3.05) is 5.32 Å². The van der Waals surface area contributed by atoms with Crippen LogP contribution in [0.3, 0.4) is 0 Å². The topological polar surface area (TPSA) is 57.8 Å². The zero-order valence-corrected chi connectivity index (χ0v) is 15.2. The van der Waals surface area contributed by atoms with E-state index in [1.54, 1.807) is 36.4 Å². The molecular formula is C19H17Cl2N3O. The minimum Gasteiger partial charge on any atom is -0.319 e. The predicted molar refractivity (Wildman–Crippen MR) is 102 cm³/mol. The monoisotopic (exact) mass is 373 g/mol. The largest absolute Gasteiger partial charge is 0.319 e. The molecule has 0 saturated carbocycles. The number of H-pyrrole nitrogens is 1. The van der Waals surface area contributed by atoms with Gasteiger partial charge in [0.05, 0.1) is 11.4 Å². The van der Waals surface area contributed by atoms with Crippen molar-refractivity contribution in [2.45, 2.75) is 19.8 Å². The Morgan fingerprint density at radius 2 is 1.64 bits per heavy atom. The Morgan fingerprint density at radius 1 is 1.04 bits per heavy atom. The number of nitrogens with one attached hydrogen (secondary N) is 2. The van der Waals surface area contributed by atoms with E-state index in [1.165, 1.54) is 0 Å². The van der Waals surface area contributed by atoms with E-state index in [0.717, 1.165) is 24.1 Å². The molecule has 0 radical (unpaired) electrons. The predicted octanol–water partition coefficient (Wildman–Crippen LogP) is 5.59. The molecule has 1 aromatic heterocycles. The summed E-state index contributed by atoms with van der Waals surface area (Å²) in [5.41, 5.74) is 3.71. The number of carbonyl (C=O) groups is 1. The summed E-state index contributed by atoms with van der Waals surface area (Å²) in [5, 5.41) is 11.7. The smallest absolute Gasteiger partial charge is 0.255 e. The van der Waals surface area contributed by atoms with Crippen LogP contribution in [0.15, 0.2) is 48.5 Å². The van der Waals surface area contributed by atoms with Crippen LogP contribution < -0.4 is 5.32 Å². The Morgan fingerprint density at radius 3 is 2.24 bits per heavy atom. The summed E-state index contributed by atoms with van der Waals surface area (Å²) in [4.78, 5) is 12.6. The second-order valence-electron chi connectivity index (χ2n) is 5.64. The van der Waals surface area contributed by atoms with Crippen molar-refractivity contribution in [3.8, 4) is 11.3 Å². The normalized spacial score (nSPS) is 10.7. The van der Waals surface area contributed by atoms with Gasteiger partial charge in [-0.3, -0.25) is 9.89 Å². The number of aromatic nitrogens is 2. The molecule has 0 saturated heterocycles. The lowest BCUT2D eigenvalue weighted by atomic mass is 10.1. The molecule has 0 unspecified atom stereocenters. The third kappa shape index (κ3) is 4.03. The standard InChI is InChI=1S/C19H17Cl2N3O/c1-2-3-16-18(22-19(25)13-6-10-15(21)11-7-13)17(24-23-16)12-4-8-14(20)9-5-12/h4-11H,2-3H2,1H3,(H,22,25)(H,23,24). The minimum absolute atomic E-state index is 0.203. The average molecular weight is 374 g/mol. The summed E-state index contributed by atoms with van der Waals surface area (Å²) in [5.74, 6) is -0.203. The van der Waals surface area contributed by atoms with Crippen molar-refractivity contribution >= 4 is 34.8 Å². The zero-order valence-electron chi connectivity index (χ0n) is 13.6. The van der Waals surface area contributed by atoms with Gasteiger partial charge >= 0.3 is 0 Å². The maximum Gasteiger partial charge on any atom is 0.255 e. The molecule has 0 atom stereocenters. The summed E-state index contributed by atoms with van der Waals surface area (Å²) in [7, 11) is 0. The van der Waals surface area contributed by atoms with E-state index in [1.807, 2.05) is 12.1 Å². The van der Waals surface area contributed by atoms with Crippen molar-refractivity contribution in [3.05, 3.63) is 69.8 Å². The molecule has 2 N–H and O–H groups in total. The molecule has 0 spiro atoms. The first-order valence-electron chi connectivity index (χ1n) is 7.98. The molecule has 2 aromatic carbocycles. The minimum atomic E-state index is -0.203. The van der Waals surface area contributed by atoms with E-state index in [2.05, 4.69) is 22.4 Å². The zero-order chi connectivity index (χ0) is 17.8. The summed E-state index contributed by atoms with van der Waals surface area (Å²) < 4.78 is 0. The molecule has 0 aliphatic heterocycles. The van der Waals surface area contributed by atoms with Crippen LogP contribution >= 0.6 is 23.2 Å². The summed E-state index contributed by atoms with van der Waals surface area (Å²) in [6.07, 6.45) is 1.73. The number of hydrogen-bond acceptors (Lipinski definition) is 2. The Labute approximate surface area is 156 Å². The number of hydrogen-bond donors (Lipinski definition) is 2. The molecule has 0 aliphatic rings. The van der Waals surface area contributed by atoms with Crippen LogP contribution in [0.1, 0.15) is 29.4 Å². The first kappa shape index (κ1) is 17.5. The number of benzene rings is 2. The maximum absolute atomic E-state index is 12.6. The fourth-order valence-electron chi connectivity index (χ4n) is 2.55. The fraction of sp³-hybridized carbons (Fsp3) is 0.158. The van der Waals surface area contributed by atoms with Crippen LogP contribution in [-0.2, 0) is 6.42 Å².